The maximum atomic E-state index is 13.1. The minimum Gasteiger partial charge on any atom is -0.342 e. The van der Waals surface area contributed by atoms with Gasteiger partial charge in [-0.1, -0.05) is 37.3 Å². The Balaban J connectivity index is 1.38. The van der Waals surface area contributed by atoms with Gasteiger partial charge in [0.05, 0.1) is 5.69 Å². The van der Waals surface area contributed by atoms with Crippen molar-refractivity contribution in [2.75, 3.05) is 26.2 Å². The Labute approximate surface area is 176 Å². The molecule has 29 heavy (non-hydrogen) atoms. The Morgan fingerprint density at radius 3 is 2.34 bits per heavy atom. The van der Waals surface area contributed by atoms with Crippen LogP contribution in [-0.2, 0) is 4.79 Å². The monoisotopic (exact) mass is 411 g/mol. The molecule has 2 saturated heterocycles. The molecule has 1 atom stereocenters. The van der Waals surface area contributed by atoms with Crippen LogP contribution >= 0.6 is 11.3 Å². The highest BCUT2D eigenvalue weighted by molar-refractivity contribution is 7.17. The minimum atomic E-state index is 0.0557. The predicted molar refractivity (Wildman–Crippen MR) is 116 cm³/mol. The van der Waals surface area contributed by atoms with Crippen LogP contribution < -0.4 is 0 Å². The number of rotatable bonds is 4. The molecule has 2 aromatic rings. The minimum absolute atomic E-state index is 0.0557. The van der Waals surface area contributed by atoms with E-state index in [0.717, 1.165) is 73.0 Å². The van der Waals surface area contributed by atoms with E-state index in [1.54, 1.807) is 0 Å². The van der Waals surface area contributed by atoms with Crippen molar-refractivity contribution in [3.8, 4) is 10.6 Å². The Bertz CT molecular complexity index is 866. The summed E-state index contributed by atoms with van der Waals surface area (Å²) in [5.41, 5.74) is 1.85. The highest BCUT2D eigenvalue weighted by Gasteiger charge is 2.33. The molecular formula is C23H29N3O2S. The molecule has 2 aliphatic heterocycles. The molecule has 4 rings (SSSR count). The van der Waals surface area contributed by atoms with Gasteiger partial charge in [0.2, 0.25) is 5.91 Å². The molecule has 154 valence electrons. The average Bonchev–Trinajstić information content (AvgIpc) is 3.43. The first-order valence-electron chi connectivity index (χ1n) is 10.7. The number of nitrogens with zero attached hydrogens (tertiary/aromatic N) is 3. The Morgan fingerprint density at radius 2 is 1.69 bits per heavy atom. The largest absolute Gasteiger partial charge is 0.342 e. The normalized spacial score (nSPS) is 18.8. The molecule has 0 N–H and O–H groups in total. The van der Waals surface area contributed by atoms with E-state index in [2.05, 4.69) is 11.9 Å². The van der Waals surface area contributed by atoms with Gasteiger partial charge in [-0.15, -0.1) is 11.3 Å². The molecule has 0 radical (unpaired) electrons. The van der Waals surface area contributed by atoms with Gasteiger partial charge in [0.1, 0.15) is 9.88 Å². The van der Waals surface area contributed by atoms with Crippen molar-refractivity contribution < 1.29 is 9.59 Å². The second-order valence-electron chi connectivity index (χ2n) is 8.25. The number of carbonyl (C=O) groups excluding carboxylic acids is 2. The van der Waals surface area contributed by atoms with Gasteiger partial charge < -0.3 is 9.80 Å². The third-order valence-corrected chi connectivity index (χ3v) is 7.55. The van der Waals surface area contributed by atoms with Gasteiger partial charge in [-0.25, -0.2) is 4.98 Å². The number of thiazole rings is 1. The van der Waals surface area contributed by atoms with Crippen LogP contribution in [0.5, 0.6) is 0 Å². The van der Waals surface area contributed by atoms with Crippen LogP contribution in [0.25, 0.3) is 10.6 Å². The standard InChI is InChI=1S/C23H29N3O2S/c1-16(22(27)25-12-6-7-13-25)18-10-14-26(15-11-18)23(28)20-17(2)24-21(29-20)19-8-4-3-5-9-19/h3-5,8-9,16,18H,6-7,10-15H2,1-2H3/t16-/m0/s1. The fourth-order valence-electron chi connectivity index (χ4n) is 4.47. The number of piperidine rings is 1. The van der Waals surface area contributed by atoms with E-state index in [1.807, 2.05) is 47.1 Å². The van der Waals surface area contributed by atoms with Crippen LogP contribution in [0, 0.1) is 18.8 Å². The number of hydrogen-bond donors (Lipinski definition) is 0. The lowest BCUT2D eigenvalue weighted by Gasteiger charge is -2.35. The highest BCUT2D eigenvalue weighted by Crippen LogP contribution is 2.31. The summed E-state index contributed by atoms with van der Waals surface area (Å²) < 4.78 is 0. The van der Waals surface area contributed by atoms with Crippen LogP contribution in [0.2, 0.25) is 0 Å². The number of aromatic nitrogens is 1. The maximum absolute atomic E-state index is 13.1. The molecule has 1 aromatic heterocycles. The molecule has 3 heterocycles. The summed E-state index contributed by atoms with van der Waals surface area (Å²) in [7, 11) is 0. The smallest absolute Gasteiger partial charge is 0.265 e. The molecule has 1 aromatic carbocycles. The van der Waals surface area contributed by atoms with Crippen LogP contribution in [0.3, 0.4) is 0 Å². The second kappa shape index (κ2) is 8.66. The first kappa shape index (κ1) is 20.1. The molecule has 2 fully saturated rings. The molecule has 6 heteroatoms. The number of benzene rings is 1. The zero-order valence-corrected chi connectivity index (χ0v) is 18.1. The molecule has 0 saturated carbocycles. The van der Waals surface area contributed by atoms with Gasteiger partial charge in [0.15, 0.2) is 0 Å². The molecule has 0 aliphatic carbocycles. The van der Waals surface area contributed by atoms with Gasteiger partial charge in [0, 0.05) is 37.7 Å². The van der Waals surface area contributed by atoms with E-state index >= 15 is 0 Å². The van der Waals surface area contributed by atoms with Crippen LogP contribution in [0.4, 0.5) is 0 Å². The van der Waals surface area contributed by atoms with Crippen molar-refractivity contribution in [1.82, 2.24) is 14.8 Å². The van der Waals surface area contributed by atoms with Crippen molar-refractivity contribution in [3.63, 3.8) is 0 Å². The summed E-state index contributed by atoms with van der Waals surface area (Å²) in [6, 6.07) is 10.0. The van der Waals surface area contributed by atoms with Gasteiger partial charge >= 0.3 is 0 Å². The lowest BCUT2D eigenvalue weighted by atomic mass is 9.84. The summed E-state index contributed by atoms with van der Waals surface area (Å²) in [5, 5.41) is 0.895. The van der Waals surface area contributed by atoms with Crippen LogP contribution in [0.15, 0.2) is 30.3 Å². The number of amides is 2. The molecule has 2 aliphatic rings. The van der Waals surface area contributed by atoms with E-state index < -0.39 is 0 Å². The summed E-state index contributed by atoms with van der Waals surface area (Å²) in [6.45, 7) is 7.25. The molecule has 0 unspecified atom stereocenters. The van der Waals surface area contributed by atoms with Crippen molar-refractivity contribution in [3.05, 3.63) is 40.9 Å². The van der Waals surface area contributed by atoms with Gasteiger partial charge in [0.25, 0.3) is 5.91 Å². The van der Waals surface area contributed by atoms with Gasteiger partial charge in [-0.05, 0) is 38.5 Å². The topological polar surface area (TPSA) is 53.5 Å². The predicted octanol–water partition coefficient (Wildman–Crippen LogP) is 4.23. The van der Waals surface area contributed by atoms with Gasteiger partial charge in [-0.3, -0.25) is 9.59 Å². The van der Waals surface area contributed by atoms with Gasteiger partial charge in [-0.2, -0.15) is 0 Å². The summed E-state index contributed by atoms with van der Waals surface area (Å²) in [5.74, 6) is 0.812. The van der Waals surface area contributed by atoms with E-state index in [-0.39, 0.29) is 11.8 Å². The number of likely N-dealkylation sites (tertiary alicyclic amines) is 2. The zero-order valence-electron chi connectivity index (χ0n) is 17.3. The number of carbonyl (C=O) groups is 2. The van der Waals surface area contributed by atoms with E-state index in [9.17, 15) is 9.59 Å². The third-order valence-electron chi connectivity index (χ3n) is 6.35. The number of hydrogen-bond acceptors (Lipinski definition) is 4. The highest BCUT2D eigenvalue weighted by atomic mass is 32.1. The Kier molecular flexibility index (Phi) is 5.99. The molecule has 2 amide bonds. The lowest BCUT2D eigenvalue weighted by molar-refractivity contribution is -0.136. The summed E-state index contributed by atoms with van der Waals surface area (Å²) in [6.07, 6.45) is 4.06. The van der Waals surface area contributed by atoms with E-state index in [0.29, 0.717) is 11.8 Å². The fraction of sp³-hybridized carbons (Fsp3) is 0.522. The quantitative estimate of drug-likeness (QED) is 0.757. The molecule has 5 nitrogen and oxygen atoms in total. The lowest BCUT2D eigenvalue weighted by Crippen LogP contribution is -2.43. The van der Waals surface area contributed by atoms with E-state index in [1.165, 1.54) is 11.3 Å². The zero-order chi connectivity index (χ0) is 20.4. The third kappa shape index (κ3) is 4.22. The van der Waals surface area contributed by atoms with Crippen LogP contribution in [0.1, 0.15) is 48.0 Å². The van der Waals surface area contributed by atoms with Crippen LogP contribution in [-0.4, -0.2) is 52.8 Å². The summed E-state index contributed by atoms with van der Waals surface area (Å²) in [4.78, 5) is 35.1. The average molecular weight is 412 g/mol. The number of aryl methyl sites for hydroxylation is 1. The van der Waals surface area contributed by atoms with E-state index in [4.69, 9.17) is 0 Å². The maximum Gasteiger partial charge on any atom is 0.265 e. The Morgan fingerprint density at radius 1 is 1.03 bits per heavy atom. The molecule has 0 spiro atoms. The van der Waals surface area contributed by atoms with Crippen molar-refractivity contribution >= 4 is 23.2 Å². The SMILES string of the molecule is Cc1nc(-c2ccccc2)sc1C(=O)N1CCC([C@H](C)C(=O)N2CCCC2)CC1. The van der Waals surface area contributed by atoms with Crippen molar-refractivity contribution in [2.24, 2.45) is 11.8 Å². The Hall–Kier alpha value is -2.21. The first-order chi connectivity index (χ1) is 14.0. The molecular weight excluding hydrogens is 382 g/mol. The molecule has 0 bridgehead atoms. The fourth-order valence-corrected chi connectivity index (χ4v) is 5.51. The van der Waals surface area contributed by atoms with Crippen molar-refractivity contribution in [1.29, 1.82) is 0 Å². The first-order valence-corrected chi connectivity index (χ1v) is 11.5. The second-order valence-corrected chi connectivity index (χ2v) is 9.25. The summed E-state index contributed by atoms with van der Waals surface area (Å²) >= 11 is 1.48. The van der Waals surface area contributed by atoms with Crippen molar-refractivity contribution in [2.45, 2.75) is 39.5 Å².